The van der Waals surface area contributed by atoms with Crippen molar-refractivity contribution in [1.82, 2.24) is 10.6 Å². The summed E-state index contributed by atoms with van der Waals surface area (Å²) in [4.78, 5) is 4.23. The number of aliphatic imine (C=N–C) groups is 1. The van der Waals surface area contributed by atoms with E-state index >= 15 is 0 Å². The van der Waals surface area contributed by atoms with Crippen molar-refractivity contribution in [2.24, 2.45) is 10.9 Å². The van der Waals surface area contributed by atoms with Crippen molar-refractivity contribution in [1.29, 1.82) is 0 Å². The molecule has 0 aromatic heterocycles. The average molecular weight is 335 g/mol. The van der Waals surface area contributed by atoms with Gasteiger partial charge in [0.1, 0.15) is 5.75 Å². The molecule has 24 heavy (non-hydrogen) atoms. The van der Waals surface area contributed by atoms with Gasteiger partial charge in [-0.25, -0.2) is 0 Å². The Balaban J connectivity index is 1.56. The highest BCUT2D eigenvalue weighted by molar-refractivity contribution is 5.79. The predicted molar refractivity (Wildman–Crippen MR) is 95.6 cm³/mol. The maximum atomic E-state index is 5.69. The fraction of sp³-hybridized carbons (Fsp3) is 0.611. The molecule has 6 heteroatoms. The molecule has 1 aliphatic rings. The standard InChI is InChI=1S/C18H29N3O3/c1-19-18(21-12-15-5-3-6-17(11-15)22-2)20-8-4-9-23-13-16-7-10-24-14-16/h3,5-6,11,16H,4,7-10,12-14H2,1-2H3,(H2,19,20,21). The van der Waals surface area contributed by atoms with Crippen molar-refractivity contribution in [3.8, 4) is 5.75 Å². The topological polar surface area (TPSA) is 64.1 Å². The summed E-state index contributed by atoms with van der Waals surface area (Å²) >= 11 is 0. The highest BCUT2D eigenvalue weighted by atomic mass is 16.5. The molecule has 0 spiro atoms. The summed E-state index contributed by atoms with van der Waals surface area (Å²) in [5.74, 6) is 2.24. The smallest absolute Gasteiger partial charge is 0.191 e. The maximum Gasteiger partial charge on any atom is 0.191 e. The Hall–Kier alpha value is -1.79. The first-order chi connectivity index (χ1) is 11.8. The molecule has 1 unspecified atom stereocenters. The third kappa shape index (κ3) is 6.76. The van der Waals surface area contributed by atoms with Gasteiger partial charge >= 0.3 is 0 Å². The summed E-state index contributed by atoms with van der Waals surface area (Å²) in [6.45, 7) is 4.83. The quantitative estimate of drug-likeness (QED) is 0.409. The number of hydrogen-bond donors (Lipinski definition) is 2. The van der Waals surface area contributed by atoms with E-state index in [1.807, 2.05) is 18.2 Å². The van der Waals surface area contributed by atoms with E-state index in [2.05, 4.69) is 21.7 Å². The number of methoxy groups -OCH3 is 1. The summed E-state index contributed by atoms with van der Waals surface area (Å²) in [5.41, 5.74) is 1.15. The van der Waals surface area contributed by atoms with Crippen LogP contribution in [0.2, 0.25) is 0 Å². The Morgan fingerprint density at radius 1 is 1.38 bits per heavy atom. The summed E-state index contributed by atoms with van der Waals surface area (Å²) in [6.07, 6.45) is 2.08. The SMILES string of the molecule is CN=C(NCCCOCC1CCOC1)NCc1cccc(OC)c1. The fourth-order valence-corrected chi connectivity index (χ4v) is 2.53. The third-order valence-electron chi connectivity index (χ3n) is 3.95. The normalized spacial score (nSPS) is 17.8. The fourth-order valence-electron chi connectivity index (χ4n) is 2.53. The van der Waals surface area contributed by atoms with E-state index in [4.69, 9.17) is 14.2 Å². The molecule has 0 bridgehead atoms. The van der Waals surface area contributed by atoms with E-state index in [0.29, 0.717) is 12.5 Å². The Labute approximate surface area is 144 Å². The molecule has 0 amide bonds. The van der Waals surface area contributed by atoms with Gasteiger partial charge in [0.25, 0.3) is 0 Å². The molecule has 1 saturated heterocycles. The van der Waals surface area contributed by atoms with Gasteiger partial charge in [-0.3, -0.25) is 4.99 Å². The van der Waals surface area contributed by atoms with Crippen LogP contribution in [0.5, 0.6) is 5.75 Å². The highest BCUT2D eigenvalue weighted by Crippen LogP contribution is 2.12. The predicted octanol–water partition coefficient (Wildman–Crippen LogP) is 1.80. The zero-order valence-electron chi connectivity index (χ0n) is 14.7. The Morgan fingerprint density at radius 2 is 2.29 bits per heavy atom. The van der Waals surface area contributed by atoms with Gasteiger partial charge in [-0.05, 0) is 30.5 Å². The van der Waals surface area contributed by atoms with E-state index in [0.717, 1.165) is 63.1 Å². The van der Waals surface area contributed by atoms with Gasteiger partial charge < -0.3 is 24.8 Å². The average Bonchev–Trinajstić information content (AvgIpc) is 3.14. The van der Waals surface area contributed by atoms with E-state index in [1.165, 1.54) is 0 Å². The molecule has 1 fully saturated rings. The van der Waals surface area contributed by atoms with Crippen LogP contribution >= 0.6 is 0 Å². The molecular weight excluding hydrogens is 306 g/mol. The van der Waals surface area contributed by atoms with Gasteiger partial charge in [0, 0.05) is 39.3 Å². The number of guanidine groups is 1. The molecule has 1 aromatic carbocycles. The van der Waals surface area contributed by atoms with Crippen LogP contribution in [0.3, 0.4) is 0 Å². The highest BCUT2D eigenvalue weighted by Gasteiger charge is 2.15. The maximum absolute atomic E-state index is 5.69. The van der Waals surface area contributed by atoms with Gasteiger partial charge in [-0.15, -0.1) is 0 Å². The van der Waals surface area contributed by atoms with Crippen LogP contribution in [0.1, 0.15) is 18.4 Å². The van der Waals surface area contributed by atoms with Crippen molar-refractivity contribution in [3.63, 3.8) is 0 Å². The van der Waals surface area contributed by atoms with E-state index in [9.17, 15) is 0 Å². The lowest BCUT2D eigenvalue weighted by Gasteiger charge is -2.13. The van der Waals surface area contributed by atoms with Crippen molar-refractivity contribution in [2.75, 3.05) is 47.1 Å². The Bertz CT molecular complexity index is 502. The van der Waals surface area contributed by atoms with E-state index < -0.39 is 0 Å². The molecule has 2 rings (SSSR count). The lowest BCUT2D eigenvalue weighted by molar-refractivity contribution is 0.0888. The van der Waals surface area contributed by atoms with E-state index in [-0.39, 0.29) is 0 Å². The van der Waals surface area contributed by atoms with Crippen LogP contribution in [0, 0.1) is 5.92 Å². The van der Waals surface area contributed by atoms with Gasteiger partial charge in [-0.2, -0.15) is 0 Å². The second kappa shape index (κ2) is 10.9. The number of rotatable bonds is 9. The van der Waals surface area contributed by atoms with Gasteiger partial charge in [0.15, 0.2) is 5.96 Å². The van der Waals surface area contributed by atoms with Crippen molar-refractivity contribution < 1.29 is 14.2 Å². The molecule has 1 aliphatic heterocycles. The van der Waals surface area contributed by atoms with E-state index in [1.54, 1.807) is 14.2 Å². The molecule has 1 heterocycles. The Morgan fingerprint density at radius 3 is 3.04 bits per heavy atom. The second-order valence-electron chi connectivity index (χ2n) is 5.86. The lowest BCUT2D eigenvalue weighted by Crippen LogP contribution is -2.37. The van der Waals surface area contributed by atoms with Crippen LogP contribution in [-0.2, 0) is 16.0 Å². The summed E-state index contributed by atoms with van der Waals surface area (Å²) in [5, 5.41) is 6.60. The first-order valence-corrected chi connectivity index (χ1v) is 8.54. The molecule has 0 saturated carbocycles. The van der Waals surface area contributed by atoms with Crippen LogP contribution in [0.15, 0.2) is 29.3 Å². The number of benzene rings is 1. The molecule has 1 aromatic rings. The van der Waals surface area contributed by atoms with Crippen LogP contribution in [0.25, 0.3) is 0 Å². The minimum absolute atomic E-state index is 0.579. The second-order valence-corrected chi connectivity index (χ2v) is 5.86. The lowest BCUT2D eigenvalue weighted by atomic mass is 10.1. The number of hydrogen-bond acceptors (Lipinski definition) is 4. The number of nitrogens with zero attached hydrogens (tertiary/aromatic N) is 1. The van der Waals surface area contributed by atoms with Crippen LogP contribution < -0.4 is 15.4 Å². The molecule has 134 valence electrons. The third-order valence-corrected chi connectivity index (χ3v) is 3.95. The first kappa shape index (κ1) is 18.5. The molecule has 0 radical (unpaired) electrons. The summed E-state index contributed by atoms with van der Waals surface area (Å²) in [7, 11) is 3.45. The minimum atomic E-state index is 0.579. The van der Waals surface area contributed by atoms with Crippen LogP contribution in [-0.4, -0.2) is 53.1 Å². The summed E-state index contributed by atoms with van der Waals surface area (Å²) in [6, 6.07) is 8.00. The monoisotopic (exact) mass is 335 g/mol. The largest absolute Gasteiger partial charge is 0.497 e. The van der Waals surface area contributed by atoms with Gasteiger partial charge in [0.2, 0.25) is 0 Å². The molecular formula is C18H29N3O3. The van der Waals surface area contributed by atoms with Gasteiger partial charge in [0.05, 0.1) is 20.3 Å². The number of ether oxygens (including phenoxy) is 3. The van der Waals surface area contributed by atoms with Crippen molar-refractivity contribution in [2.45, 2.75) is 19.4 Å². The zero-order chi connectivity index (χ0) is 17.0. The molecule has 1 atom stereocenters. The zero-order valence-corrected chi connectivity index (χ0v) is 14.7. The molecule has 6 nitrogen and oxygen atoms in total. The molecule has 0 aliphatic carbocycles. The van der Waals surface area contributed by atoms with Gasteiger partial charge in [-0.1, -0.05) is 12.1 Å². The van der Waals surface area contributed by atoms with Crippen molar-refractivity contribution in [3.05, 3.63) is 29.8 Å². The molecule has 2 N–H and O–H groups in total. The summed E-state index contributed by atoms with van der Waals surface area (Å²) < 4.78 is 16.3. The minimum Gasteiger partial charge on any atom is -0.497 e. The van der Waals surface area contributed by atoms with Crippen LogP contribution in [0.4, 0.5) is 0 Å². The first-order valence-electron chi connectivity index (χ1n) is 8.54. The number of nitrogens with one attached hydrogen (secondary N) is 2. The Kier molecular flexibility index (Phi) is 8.41. The van der Waals surface area contributed by atoms with Crippen molar-refractivity contribution >= 4 is 5.96 Å².